The van der Waals surface area contributed by atoms with Gasteiger partial charge in [0.05, 0.1) is 17.2 Å². The fourth-order valence-electron chi connectivity index (χ4n) is 5.12. The van der Waals surface area contributed by atoms with Gasteiger partial charge in [0.15, 0.2) is 0 Å². The second kappa shape index (κ2) is 9.21. The van der Waals surface area contributed by atoms with Gasteiger partial charge in [-0.15, -0.1) is 0 Å². The summed E-state index contributed by atoms with van der Waals surface area (Å²) in [6.45, 7) is 0. The molecule has 178 valence electrons. The van der Waals surface area contributed by atoms with Crippen LogP contribution < -0.4 is 4.90 Å². The zero-order chi connectivity index (χ0) is 24.5. The van der Waals surface area contributed by atoms with Crippen LogP contribution in [-0.4, -0.2) is 39.1 Å². The zero-order valence-corrected chi connectivity index (χ0v) is 18.9. The van der Waals surface area contributed by atoms with Gasteiger partial charge >= 0.3 is 5.97 Å². The molecule has 35 heavy (non-hydrogen) atoms. The van der Waals surface area contributed by atoms with Crippen molar-refractivity contribution in [3.8, 4) is 11.3 Å². The molecule has 1 amide bonds. The van der Waals surface area contributed by atoms with Crippen molar-refractivity contribution < 1.29 is 29.1 Å². The normalized spacial score (nSPS) is 20.3. The lowest BCUT2D eigenvalue weighted by Gasteiger charge is -2.34. The number of rotatable bonds is 5. The maximum Gasteiger partial charge on any atom is 0.335 e. The van der Waals surface area contributed by atoms with Gasteiger partial charge in [-0.2, -0.15) is 0 Å². The molecule has 0 radical (unpaired) electrons. The van der Waals surface area contributed by atoms with Gasteiger partial charge in [-0.05, 0) is 43.0 Å². The molecule has 1 aliphatic heterocycles. The minimum atomic E-state index is -1.09. The number of carboxylic acids is 1. The summed E-state index contributed by atoms with van der Waals surface area (Å²) in [5.41, 5.74) is 2.48. The Morgan fingerprint density at radius 1 is 0.886 bits per heavy atom. The van der Waals surface area contributed by atoms with E-state index in [-0.39, 0.29) is 22.8 Å². The van der Waals surface area contributed by atoms with Crippen molar-refractivity contribution >= 4 is 29.1 Å². The lowest BCUT2D eigenvalue weighted by molar-refractivity contribution is -0.132. The Balaban J connectivity index is 1.58. The summed E-state index contributed by atoms with van der Waals surface area (Å²) in [7, 11) is 0. The van der Waals surface area contributed by atoms with E-state index in [0.29, 0.717) is 16.9 Å². The number of ketones is 1. The van der Waals surface area contributed by atoms with Crippen molar-refractivity contribution in [2.45, 2.75) is 38.1 Å². The Morgan fingerprint density at radius 3 is 2.14 bits per heavy atom. The third-order valence-corrected chi connectivity index (χ3v) is 6.87. The van der Waals surface area contributed by atoms with Gasteiger partial charge in [-0.3, -0.25) is 14.5 Å². The average Bonchev–Trinajstić information content (AvgIpc) is 3.52. The van der Waals surface area contributed by atoms with Crippen molar-refractivity contribution in [3.63, 3.8) is 0 Å². The predicted molar refractivity (Wildman–Crippen MR) is 128 cm³/mol. The molecule has 2 aliphatic rings. The number of hydrogen-bond acceptors (Lipinski definition) is 6. The summed E-state index contributed by atoms with van der Waals surface area (Å²) in [5.74, 6) is -2.77. The number of amides is 1. The Kier molecular flexibility index (Phi) is 5.94. The lowest BCUT2D eigenvalue weighted by Crippen LogP contribution is -2.40. The molecule has 8 nitrogen and oxygen atoms in total. The fourth-order valence-corrected chi connectivity index (χ4v) is 5.12. The monoisotopic (exact) mass is 472 g/mol. The van der Waals surface area contributed by atoms with Crippen molar-refractivity contribution in [1.82, 2.24) is 5.16 Å². The van der Waals surface area contributed by atoms with E-state index in [1.54, 1.807) is 18.2 Å². The number of hydrogen-bond donors (Lipinski definition) is 2. The third-order valence-electron chi connectivity index (χ3n) is 6.87. The van der Waals surface area contributed by atoms with Crippen LogP contribution in [0.4, 0.5) is 5.69 Å². The van der Waals surface area contributed by atoms with E-state index < -0.39 is 23.7 Å². The van der Waals surface area contributed by atoms with Crippen LogP contribution in [0.3, 0.4) is 0 Å². The Labute approximate surface area is 201 Å². The van der Waals surface area contributed by atoms with Crippen molar-refractivity contribution in [2.24, 2.45) is 5.92 Å². The number of carboxylic acid groups (broad SMARTS) is 1. The van der Waals surface area contributed by atoms with Gasteiger partial charge in [0.2, 0.25) is 0 Å². The maximum absolute atomic E-state index is 13.3. The van der Waals surface area contributed by atoms with E-state index in [4.69, 9.17) is 9.63 Å². The molecule has 1 saturated carbocycles. The number of nitrogens with zero attached hydrogens (tertiary/aromatic N) is 2. The second-order valence-electron chi connectivity index (χ2n) is 8.92. The van der Waals surface area contributed by atoms with Gasteiger partial charge in [0, 0.05) is 22.9 Å². The van der Waals surface area contributed by atoms with E-state index in [1.807, 2.05) is 12.1 Å². The average molecular weight is 472 g/mol. The molecule has 1 atom stereocenters. The molecule has 1 unspecified atom stereocenters. The van der Waals surface area contributed by atoms with Gasteiger partial charge in [0.25, 0.3) is 11.7 Å². The topological polar surface area (TPSA) is 121 Å². The molecule has 8 heteroatoms. The molecule has 0 bridgehead atoms. The van der Waals surface area contributed by atoms with Gasteiger partial charge in [-0.25, -0.2) is 4.79 Å². The number of aromatic carboxylic acids is 1. The van der Waals surface area contributed by atoms with E-state index in [2.05, 4.69) is 5.16 Å². The lowest BCUT2D eigenvalue weighted by atomic mass is 9.80. The van der Waals surface area contributed by atoms with Crippen LogP contribution in [0, 0.1) is 5.92 Å². The molecule has 2 heterocycles. The molecule has 1 aromatic heterocycles. The quantitative estimate of drug-likeness (QED) is 0.309. The summed E-state index contributed by atoms with van der Waals surface area (Å²) in [6.07, 6.45) is 6.24. The number of benzene rings is 2. The zero-order valence-electron chi connectivity index (χ0n) is 18.9. The molecule has 2 N–H and O–H groups in total. The van der Waals surface area contributed by atoms with E-state index in [1.165, 1.54) is 35.4 Å². The van der Waals surface area contributed by atoms with E-state index in [9.17, 15) is 19.5 Å². The van der Waals surface area contributed by atoms with Crippen molar-refractivity contribution in [1.29, 1.82) is 0 Å². The molecular weight excluding hydrogens is 448 g/mol. The first-order valence-corrected chi connectivity index (χ1v) is 11.6. The number of aromatic nitrogens is 1. The molecule has 0 spiro atoms. The molecular formula is C27H24N2O6. The fraction of sp³-hybridized carbons (Fsp3) is 0.259. The number of Topliss-reactive ketones (excluding diaryl/α,β-unsaturated/α-hetero) is 1. The first-order valence-electron chi connectivity index (χ1n) is 11.6. The molecule has 2 aromatic carbocycles. The highest BCUT2D eigenvalue weighted by Gasteiger charge is 2.49. The van der Waals surface area contributed by atoms with Gasteiger partial charge in [0.1, 0.15) is 17.7 Å². The van der Waals surface area contributed by atoms with Crippen LogP contribution in [0.1, 0.15) is 48.0 Å². The van der Waals surface area contributed by atoms with Gasteiger partial charge in [-0.1, -0.05) is 48.7 Å². The summed E-state index contributed by atoms with van der Waals surface area (Å²) in [6, 6.07) is 13.9. The van der Waals surface area contributed by atoms with Crippen LogP contribution in [0.5, 0.6) is 0 Å². The molecule has 5 rings (SSSR count). The number of aliphatic hydroxyl groups is 1. The van der Waals surface area contributed by atoms with Crippen molar-refractivity contribution in [2.75, 3.05) is 4.90 Å². The predicted octanol–water partition coefficient (Wildman–Crippen LogP) is 4.87. The molecule has 1 saturated heterocycles. The number of carbonyl (C=O) groups is 3. The Morgan fingerprint density at radius 2 is 1.54 bits per heavy atom. The first-order chi connectivity index (χ1) is 17.0. The standard InChI is InChI=1S/C27H24N2O6/c30-24(18-6-8-19(9-7-18)27(33)34)22-23(17-4-2-1-3-5-17)29(26(32)25(22)31)20-12-10-16(11-13-20)21-14-15-35-28-21/h6-15,17,23,30H,1-5H2,(H,33,34). The van der Waals surface area contributed by atoms with Crippen LogP contribution in [-0.2, 0) is 9.59 Å². The largest absolute Gasteiger partial charge is 0.507 e. The van der Waals surface area contributed by atoms with Crippen molar-refractivity contribution in [3.05, 3.63) is 77.6 Å². The van der Waals surface area contributed by atoms with Crippen LogP contribution in [0.15, 0.2) is 71.0 Å². The highest BCUT2D eigenvalue weighted by Crippen LogP contribution is 2.41. The molecule has 3 aromatic rings. The summed E-state index contributed by atoms with van der Waals surface area (Å²) < 4.78 is 4.90. The van der Waals surface area contributed by atoms with Gasteiger partial charge < -0.3 is 14.7 Å². The van der Waals surface area contributed by atoms with E-state index >= 15 is 0 Å². The SMILES string of the molecule is O=C1C(=O)N(c2ccc(-c3ccon3)cc2)C(C2CCCCC2)C1=C(O)c1ccc(C(=O)O)cc1. The van der Waals surface area contributed by atoms with Crippen LogP contribution >= 0.6 is 0 Å². The minimum Gasteiger partial charge on any atom is -0.507 e. The molecule has 1 aliphatic carbocycles. The highest BCUT2D eigenvalue weighted by molar-refractivity contribution is 6.51. The van der Waals surface area contributed by atoms with Crippen LogP contribution in [0.2, 0.25) is 0 Å². The summed E-state index contributed by atoms with van der Waals surface area (Å²) >= 11 is 0. The molecule has 2 fully saturated rings. The van der Waals surface area contributed by atoms with E-state index in [0.717, 1.165) is 37.7 Å². The van der Waals surface area contributed by atoms with Crippen LogP contribution in [0.25, 0.3) is 17.0 Å². The number of aliphatic hydroxyl groups excluding tert-OH is 1. The summed E-state index contributed by atoms with van der Waals surface area (Å²) in [5, 5.41) is 24.3. The smallest absolute Gasteiger partial charge is 0.335 e. The number of carbonyl (C=O) groups excluding carboxylic acids is 2. The Bertz CT molecular complexity index is 1290. The number of anilines is 1. The maximum atomic E-state index is 13.3. The Hall–Kier alpha value is -4.20. The second-order valence-corrected chi connectivity index (χ2v) is 8.92. The highest BCUT2D eigenvalue weighted by atomic mass is 16.5. The third kappa shape index (κ3) is 4.12. The first kappa shape index (κ1) is 22.6. The summed E-state index contributed by atoms with van der Waals surface area (Å²) in [4.78, 5) is 39.3. The minimum absolute atomic E-state index is 0.0183.